The fourth-order valence-corrected chi connectivity index (χ4v) is 5.10. The monoisotopic (exact) mass is 505 g/mol. The number of hydrazone groups is 1. The number of nitrogens with one attached hydrogen (secondary N) is 2. The van der Waals surface area contributed by atoms with E-state index >= 15 is 0 Å². The molecule has 170 valence electrons. The van der Waals surface area contributed by atoms with Gasteiger partial charge in [0.15, 0.2) is 5.60 Å². The third-order valence-corrected chi connectivity index (χ3v) is 6.77. The number of amides is 2. The Balaban J connectivity index is 1.41. The van der Waals surface area contributed by atoms with Crippen molar-refractivity contribution in [2.45, 2.75) is 50.7 Å². The van der Waals surface area contributed by atoms with E-state index in [1.54, 1.807) is 30.2 Å². The predicted molar refractivity (Wildman–Crippen MR) is 120 cm³/mol. The molecule has 1 aromatic carbocycles. The molecule has 2 amide bonds. The maximum absolute atomic E-state index is 13.6. The maximum atomic E-state index is 13.6. The molecular formula is C22H25BrFN5O3. The van der Waals surface area contributed by atoms with Crippen molar-refractivity contribution in [1.82, 2.24) is 20.5 Å². The minimum atomic E-state index is -0.846. The zero-order valence-corrected chi connectivity index (χ0v) is 19.5. The topological polar surface area (TPSA) is 97.6 Å². The number of nitrogens with zero attached hydrogens (tertiary/aromatic N) is 3. The molecule has 2 aliphatic rings. The number of carbonyl (C=O) groups is 2. The molecule has 4 rings (SSSR count). The standard InChI is InChI=1S/C22H25BrFN5O3/c1-13(26-20(30)15-11-25-29(2)12-15)9-14-5-7-22(8-6-14)19(27-28-21(31)32-22)17-4-3-16(24)10-18(17)23/h3-4,10-14H,5-9H2,1-2H3,(H,26,30)(H,28,31)/t13-,14?,22?/m0/s1. The first kappa shape index (κ1) is 22.4. The molecule has 1 saturated carbocycles. The first-order valence-electron chi connectivity index (χ1n) is 10.6. The number of benzene rings is 1. The lowest BCUT2D eigenvalue weighted by Gasteiger charge is -2.42. The Morgan fingerprint density at radius 3 is 2.84 bits per heavy atom. The number of aryl methyl sites for hydroxylation is 1. The fourth-order valence-electron chi connectivity index (χ4n) is 4.56. The summed E-state index contributed by atoms with van der Waals surface area (Å²) in [6, 6.07) is 4.38. The summed E-state index contributed by atoms with van der Waals surface area (Å²) < 4.78 is 21.5. The highest BCUT2D eigenvalue weighted by Gasteiger charge is 2.46. The molecule has 8 nitrogen and oxygen atoms in total. The van der Waals surface area contributed by atoms with Crippen molar-refractivity contribution in [3.8, 4) is 0 Å². The molecule has 1 fully saturated rings. The van der Waals surface area contributed by atoms with Gasteiger partial charge in [0.2, 0.25) is 0 Å². The Labute approximate surface area is 193 Å². The maximum Gasteiger partial charge on any atom is 0.428 e. The quantitative estimate of drug-likeness (QED) is 0.643. The molecule has 0 unspecified atom stereocenters. The summed E-state index contributed by atoms with van der Waals surface area (Å²) in [5, 5.41) is 11.3. The molecule has 1 aliphatic heterocycles. The third-order valence-electron chi connectivity index (χ3n) is 6.11. The van der Waals surface area contributed by atoms with Gasteiger partial charge in [-0.05, 0) is 63.1 Å². The van der Waals surface area contributed by atoms with E-state index in [4.69, 9.17) is 4.74 Å². The van der Waals surface area contributed by atoms with Gasteiger partial charge in [-0.3, -0.25) is 9.48 Å². The number of halogens is 2. The van der Waals surface area contributed by atoms with Crippen LogP contribution in [0.1, 0.15) is 54.9 Å². The van der Waals surface area contributed by atoms with E-state index in [0.717, 1.165) is 19.3 Å². The molecule has 1 atom stereocenters. The SMILES string of the molecule is C[C@@H](CC1CCC2(CC1)OC(=O)NN=C2c1ccc(F)cc1Br)NC(=O)c1cnn(C)c1. The molecule has 1 aromatic heterocycles. The van der Waals surface area contributed by atoms with Crippen LogP contribution >= 0.6 is 15.9 Å². The lowest BCUT2D eigenvalue weighted by Crippen LogP contribution is -2.52. The van der Waals surface area contributed by atoms with E-state index in [2.05, 4.69) is 36.9 Å². The summed E-state index contributed by atoms with van der Waals surface area (Å²) in [6.07, 6.45) is 6.33. The molecular weight excluding hydrogens is 481 g/mol. The van der Waals surface area contributed by atoms with Crippen LogP contribution in [-0.2, 0) is 11.8 Å². The minimum Gasteiger partial charge on any atom is -0.435 e. The summed E-state index contributed by atoms with van der Waals surface area (Å²) in [5.74, 6) is -0.126. The Morgan fingerprint density at radius 2 is 2.19 bits per heavy atom. The van der Waals surface area contributed by atoms with Crippen LogP contribution in [0.2, 0.25) is 0 Å². The zero-order chi connectivity index (χ0) is 22.9. The van der Waals surface area contributed by atoms with E-state index in [1.165, 1.54) is 12.1 Å². The second kappa shape index (κ2) is 9.01. The summed E-state index contributed by atoms with van der Waals surface area (Å²) in [6.45, 7) is 1.99. The van der Waals surface area contributed by atoms with Crippen LogP contribution in [0.25, 0.3) is 0 Å². The summed E-state index contributed by atoms with van der Waals surface area (Å²) in [7, 11) is 1.77. The van der Waals surface area contributed by atoms with Gasteiger partial charge in [-0.25, -0.2) is 14.6 Å². The van der Waals surface area contributed by atoms with Gasteiger partial charge in [0.05, 0.1) is 11.8 Å². The van der Waals surface area contributed by atoms with Crippen molar-refractivity contribution in [3.63, 3.8) is 0 Å². The van der Waals surface area contributed by atoms with Gasteiger partial charge < -0.3 is 10.1 Å². The van der Waals surface area contributed by atoms with Crippen LogP contribution in [0, 0.1) is 11.7 Å². The van der Waals surface area contributed by atoms with Crippen LogP contribution < -0.4 is 10.7 Å². The lowest BCUT2D eigenvalue weighted by molar-refractivity contribution is 0.0154. The van der Waals surface area contributed by atoms with E-state index < -0.39 is 11.7 Å². The molecule has 1 spiro atoms. The molecule has 0 bridgehead atoms. The Bertz CT molecular complexity index is 1060. The molecule has 1 aliphatic carbocycles. The van der Waals surface area contributed by atoms with Crippen molar-refractivity contribution >= 4 is 33.6 Å². The number of ether oxygens (including phenoxy) is 1. The zero-order valence-electron chi connectivity index (χ0n) is 17.9. The lowest BCUT2D eigenvalue weighted by atomic mass is 9.73. The second-order valence-corrected chi connectivity index (χ2v) is 9.39. The number of hydrogen-bond donors (Lipinski definition) is 2. The Hall–Kier alpha value is -2.75. The number of aromatic nitrogens is 2. The number of carbonyl (C=O) groups excluding carboxylic acids is 2. The van der Waals surface area contributed by atoms with E-state index in [9.17, 15) is 14.0 Å². The fraction of sp³-hybridized carbons (Fsp3) is 0.455. The molecule has 2 aromatic rings. The van der Waals surface area contributed by atoms with E-state index in [1.807, 2.05) is 6.92 Å². The van der Waals surface area contributed by atoms with Gasteiger partial charge in [0.1, 0.15) is 11.5 Å². The average Bonchev–Trinajstić information content (AvgIpc) is 3.17. The Morgan fingerprint density at radius 1 is 1.44 bits per heavy atom. The van der Waals surface area contributed by atoms with Gasteiger partial charge >= 0.3 is 6.09 Å². The molecule has 10 heteroatoms. The van der Waals surface area contributed by atoms with Crippen molar-refractivity contribution in [2.75, 3.05) is 0 Å². The number of rotatable bonds is 5. The highest BCUT2D eigenvalue weighted by atomic mass is 79.9. The smallest absolute Gasteiger partial charge is 0.428 e. The van der Waals surface area contributed by atoms with Gasteiger partial charge in [0.25, 0.3) is 5.91 Å². The van der Waals surface area contributed by atoms with Crippen molar-refractivity contribution < 1.29 is 18.7 Å². The van der Waals surface area contributed by atoms with E-state index in [-0.39, 0.29) is 17.8 Å². The minimum absolute atomic E-state index is 0.00305. The highest BCUT2D eigenvalue weighted by molar-refractivity contribution is 9.10. The average molecular weight is 506 g/mol. The molecule has 0 radical (unpaired) electrons. The molecule has 0 saturated heterocycles. The summed E-state index contributed by atoms with van der Waals surface area (Å²) in [5.41, 5.74) is 3.37. The normalized spacial score (nSPS) is 23.8. The van der Waals surface area contributed by atoms with Crippen LogP contribution in [0.4, 0.5) is 9.18 Å². The largest absolute Gasteiger partial charge is 0.435 e. The Kier molecular flexibility index (Phi) is 6.32. The van der Waals surface area contributed by atoms with E-state index in [0.29, 0.717) is 40.1 Å². The van der Waals surface area contributed by atoms with Gasteiger partial charge in [-0.2, -0.15) is 10.2 Å². The van der Waals surface area contributed by atoms with Crippen molar-refractivity contribution in [3.05, 3.63) is 52.0 Å². The van der Waals surface area contributed by atoms with Gasteiger partial charge in [-0.15, -0.1) is 0 Å². The van der Waals surface area contributed by atoms with Crippen LogP contribution in [0.3, 0.4) is 0 Å². The van der Waals surface area contributed by atoms with Crippen molar-refractivity contribution in [1.29, 1.82) is 0 Å². The van der Waals surface area contributed by atoms with Gasteiger partial charge in [0, 0.05) is 29.3 Å². The molecule has 32 heavy (non-hydrogen) atoms. The highest BCUT2D eigenvalue weighted by Crippen LogP contribution is 2.41. The van der Waals surface area contributed by atoms with Gasteiger partial charge in [-0.1, -0.05) is 15.9 Å². The van der Waals surface area contributed by atoms with Crippen molar-refractivity contribution in [2.24, 2.45) is 18.1 Å². The first-order valence-corrected chi connectivity index (χ1v) is 11.4. The summed E-state index contributed by atoms with van der Waals surface area (Å²) in [4.78, 5) is 24.4. The number of hydrogen-bond acceptors (Lipinski definition) is 5. The van der Waals surface area contributed by atoms with Crippen LogP contribution in [0.5, 0.6) is 0 Å². The molecule has 2 heterocycles. The predicted octanol–water partition coefficient (Wildman–Crippen LogP) is 3.90. The third kappa shape index (κ3) is 4.69. The van der Waals surface area contributed by atoms with Crippen LogP contribution in [-0.4, -0.2) is 39.1 Å². The molecule has 2 N–H and O–H groups in total. The first-order chi connectivity index (χ1) is 15.3. The summed E-state index contributed by atoms with van der Waals surface area (Å²) >= 11 is 3.40. The second-order valence-electron chi connectivity index (χ2n) is 8.54. The van der Waals surface area contributed by atoms with Crippen LogP contribution in [0.15, 0.2) is 40.2 Å².